The molecule has 0 bridgehead atoms. The van der Waals surface area contributed by atoms with E-state index in [1.54, 1.807) is 13.0 Å². The van der Waals surface area contributed by atoms with Crippen molar-refractivity contribution in [2.24, 2.45) is 0 Å². The van der Waals surface area contributed by atoms with Gasteiger partial charge in [-0.2, -0.15) is 4.68 Å². The highest BCUT2D eigenvalue weighted by atomic mass is 32.2. The molecule has 1 aliphatic carbocycles. The maximum absolute atomic E-state index is 13.4. The lowest BCUT2D eigenvalue weighted by Crippen LogP contribution is -2.28. The van der Waals surface area contributed by atoms with E-state index in [0.717, 1.165) is 12.0 Å². The molecule has 1 heterocycles. The summed E-state index contributed by atoms with van der Waals surface area (Å²) in [5, 5.41) is 11.2. The van der Waals surface area contributed by atoms with Crippen LogP contribution in [-0.4, -0.2) is 41.8 Å². The van der Waals surface area contributed by atoms with Gasteiger partial charge in [0, 0.05) is 18.2 Å². The third-order valence-corrected chi connectivity index (χ3v) is 6.43. The quantitative estimate of drug-likeness (QED) is 0.586. The van der Waals surface area contributed by atoms with E-state index in [2.05, 4.69) is 20.2 Å². The number of hydrogen-bond acceptors (Lipinski definition) is 7. The Hall–Kier alpha value is -2.98. The summed E-state index contributed by atoms with van der Waals surface area (Å²) >= 11 is 0. The van der Waals surface area contributed by atoms with Crippen molar-refractivity contribution in [1.29, 1.82) is 0 Å². The number of nitrogens with zero attached hydrogens (tertiary/aromatic N) is 4. The average Bonchev–Trinajstić information content (AvgIpc) is 3.40. The largest absolute Gasteiger partial charge is 0.492 e. The molecule has 1 aromatic heterocycles. The van der Waals surface area contributed by atoms with Crippen molar-refractivity contribution in [3.63, 3.8) is 0 Å². The van der Waals surface area contributed by atoms with Crippen LogP contribution in [-0.2, 0) is 16.4 Å². The summed E-state index contributed by atoms with van der Waals surface area (Å²) in [6, 6.07) is 10.7. The molecule has 0 unspecified atom stereocenters. The lowest BCUT2D eigenvalue weighted by atomic mass is 10.1. The molecule has 0 saturated carbocycles. The SMILES string of the molecule is CCOc1cc(S(=O)(=O)N[C@H]2CCc3ccccc32)c(OCC)cc1-n1cnnn1. The molecule has 0 spiro atoms. The summed E-state index contributed by atoms with van der Waals surface area (Å²) in [4.78, 5) is 0.0222. The molecule has 1 N–H and O–H groups in total. The summed E-state index contributed by atoms with van der Waals surface area (Å²) in [5.41, 5.74) is 2.67. The van der Waals surface area contributed by atoms with E-state index >= 15 is 0 Å². The van der Waals surface area contributed by atoms with Gasteiger partial charge in [0.2, 0.25) is 10.0 Å². The van der Waals surface area contributed by atoms with Crippen molar-refractivity contribution in [1.82, 2.24) is 24.9 Å². The van der Waals surface area contributed by atoms with Crippen LogP contribution in [0.4, 0.5) is 0 Å². The standard InChI is InChI=1S/C20H23N5O4S/c1-3-28-18-12-20(19(29-4-2)11-17(18)25-13-21-23-24-25)30(26,27)22-16-10-9-14-7-5-6-8-15(14)16/h5-8,11-13,16,22H,3-4,9-10H2,1-2H3/t16-/m0/s1. The maximum Gasteiger partial charge on any atom is 0.244 e. The van der Waals surface area contributed by atoms with Crippen LogP contribution in [0, 0.1) is 0 Å². The van der Waals surface area contributed by atoms with Crippen LogP contribution in [0.3, 0.4) is 0 Å². The smallest absolute Gasteiger partial charge is 0.244 e. The summed E-state index contributed by atoms with van der Waals surface area (Å²) in [6.07, 6.45) is 2.96. The second-order valence-corrected chi connectivity index (χ2v) is 8.48. The van der Waals surface area contributed by atoms with Gasteiger partial charge in [0.25, 0.3) is 0 Å². The van der Waals surface area contributed by atoms with Crippen LogP contribution in [0.5, 0.6) is 11.5 Å². The Balaban J connectivity index is 1.75. The minimum atomic E-state index is -3.88. The van der Waals surface area contributed by atoms with Crippen molar-refractivity contribution >= 4 is 10.0 Å². The number of aromatic nitrogens is 4. The summed E-state index contributed by atoms with van der Waals surface area (Å²) in [6.45, 7) is 4.27. The lowest BCUT2D eigenvalue weighted by molar-refractivity contribution is 0.320. The van der Waals surface area contributed by atoms with Crippen LogP contribution in [0.1, 0.15) is 37.4 Å². The van der Waals surface area contributed by atoms with Crippen LogP contribution in [0.15, 0.2) is 47.6 Å². The number of nitrogens with one attached hydrogen (secondary N) is 1. The Morgan fingerprint density at radius 1 is 1.13 bits per heavy atom. The van der Waals surface area contributed by atoms with Crippen molar-refractivity contribution in [2.75, 3.05) is 13.2 Å². The summed E-state index contributed by atoms with van der Waals surface area (Å²) in [5.74, 6) is 0.561. The normalized spacial score (nSPS) is 15.7. The predicted octanol–water partition coefficient (Wildman–Crippen LogP) is 2.43. The molecular formula is C20H23N5O4S. The van der Waals surface area contributed by atoms with Crippen LogP contribution in [0.2, 0.25) is 0 Å². The number of benzene rings is 2. The molecule has 1 atom stereocenters. The zero-order valence-corrected chi connectivity index (χ0v) is 17.6. The first kappa shape index (κ1) is 20.3. The number of hydrogen-bond donors (Lipinski definition) is 1. The monoisotopic (exact) mass is 429 g/mol. The van der Waals surface area contributed by atoms with Gasteiger partial charge in [-0.05, 0) is 48.2 Å². The molecule has 0 fully saturated rings. The maximum atomic E-state index is 13.4. The molecular weight excluding hydrogens is 406 g/mol. The van der Waals surface area contributed by atoms with Gasteiger partial charge < -0.3 is 9.47 Å². The molecule has 0 saturated heterocycles. The fourth-order valence-corrected chi connectivity index (χ4v) is 5.05. The third-order valence-electron chi connectivity index (χ3n) is 4.94. The molecule has 0 aliphatic heterocycles. The average molecular weight is 430 g/mol. The van der Waals surface area contributed by atoms with E-state index in [4.69, 9.17) is 9.47 Å². The zero-order valence-electron chi connectivity index (χ0n) is 16.8. The number of tetrazole rings is 1. The van der Waals surface area contributed by atoms with Gasteiger partial charge >= 0.3 is 0 Å². The van der Waals surface area contributed by atoms with E-state index in [1.807, 2.05) is 31.2 Å². The van der Waals surface area contributed by atoms with E-state index in [9.17, 15) is 8.42 Å². The minimum absolute atomic E-state index is 0.0222. The Kier molecular flexibility index (Phi) is 5.69. The Labute approximate surface area is 175 Å². The summed E-state index contributed by atoms with van der Waals surface area (Å²) in [7, 11) is -3.88. The molecule has 4 rings (SSSR count). The van der Waals surface area contributed by atoms with Crippen molar-refractivity contribution in [2.45, 2.75) is 37.6 Å². The fourth-order valence-electron chi connectivity index (χ4n) is 3.66. The van der Waals surface area contributed by atoms with Crippen LogP contribution >= 0.6 is 0 Å². The van der Waals surface area contributed by atoms with E-state index in [0.29, 0.717) is 31.1 Å². The van der Waals surface area contributed by atoms with Gasteiger partial charge in [0.05, 0.1) is 13.2 Å². The molecule has 9 nitrogen and oxygen atoms in total. The Morgan fingerprint density at radius 2 is 1.90 bits per heavy atom. The van der Waals surface area contributed by atoms with Gasteiger partial charge in [0.15, 0.2) is 0 Å². The van der Waals surface area contributed by atoms with E-state index in [1.165, 1.54) is 22.6 Å². The number of fused-ring (bicyclic) bond motifs is 1. The highest BCUT2D eigenvalue weighted by molar-refractivity contribution is 7.89. The zero-order chi connectivity index (χ0) is 21.1. The van der Waals surface area contributed by atoms with Crippen LogP contribution < -0.4 is 14.2 Å². The molecule has 158 valence electrons. The molecule has 3 aromatic rings. The Bertz CT molecular complexity index is 1130. The van der Waals surface area contributed by atoms with Gasteiger partial charge in [-0.25, -0.2) is 13.1 Å². The van der Waals surface area contributed by atoms with Gasteiger partial charge in [-0.15, -0.1) is 5.10 Å². The molecule has 0 radical (unpaired) electrons. The highest BCUT2D eigenvalue weighted by Crippen LogP contribution is 2.37. The first-order valence-electron chi connectivity index (χ1n) is 9.80. The topological polar surface area (TPSA) is 108 Å². The van der Waals surface area contributed by atoms with E-state index in [-0.39, 0.29) is 16.7 Å². The molecule has 30 heavy (non-hydrogen) atoms. The van der Waals surface area contributed by atoms with Crippen LogP contribution in [0.25, 0.3) is 5.69 Å². The number of aryl methyl sites for hydroxylation is 1. The molecule has 2 aromatic carbocycles. The molecule has 0 amide bonds. The van der Waals surface area contributed by atoms with Crippen molar-refractivity contribution in [3.8, 4) is 17.2 Å². The number of sulfonamides is 1. The second-order valence-electron chi connectivity index (χ2n) is 6.80. The first-order valence-corrected chi connectivity index (χ1v) is 11.3. The first-order chi connectivity index (χ1) is 14.5. The van der Waals surface area contributed by atoms with Crippen molar-refractivity contribution in [3.05, 3.63) is 53.9 Å². The minimum Gasteiger partial charge on any atom is -0.492 e. The molecule has 1 aliphatic rings. The summed E-state index contributed by atoms with van der Waals surface area (Å²) < 4.78 is 42.3. The second kappa shape index (κ2) is 8.41. The van der Waals surface area contributed by atoms with Crippen molar-refractivity contribution < 1.29 is 17.9 Å². The van der Waals surface area contributed by atoms with Gasteiger partial charge in [-0.3, -0.25) is 0 Å². The lowest BCUT2D eigenvalue weighted by Gasteiger charge is -2.19. The van der Waals surface area contributed by atoms with Gasteiger partial charge in [-0.1, -0.05) is 24.3 Å². The Morgan fingerprint density at radius 3 is 2.63 bits per heavy atom. The van der Waals surface area contributed by atoms with E-state index < -0.39 is 10.0 Å². The number of rotatable bonds is 8. The fraction of sp³-hybridized carbons (Fsp3) is 0.350. The predicted molar refractivity (Wildman–Crippen MR) is 109 cm³/mol. The number of ether oxygens (including phenoxy) is 2. The molecule has 10 heteroatoms. The highest BCUT2D eigenvalue weighted by Gasteiger charge is 2.30. The third kappa shape index (κ3) is 3.88. The van der Waals surface area contributed by atoms with Gasteiger partial charge in [0.1, 0.15) is 28.4 Å².